The highest BCUT2D eigenvalue weighted by atomic mass is 32.2. The van der Waals surface area contributed by atoms with Crippen LogP contribution in [0.1, 0.15) is 59.8 Å². The average molecular weight is 436 g/mol. The average Bonchev–Trinajstić information content (AvgIpc) is 2.68. The molecule has 1 heterocycles. The second kappa shape index (κ2) is 9.69. The number of anilines is 2. The molecule has 7 heteroatoms. The number of hydrogen-bond donors (Lipinski definition) is 2. The summed E-state index contributed by atoms with van der Waals surface area (Å²) in [5.41, 5.74) is 2.04. The number of carbonyl (C=O) groups is 1. The zero-order valence-electron chi connectivity index (χ0n) is 18.7. The molecule has 1 aromatic rings. The molecule has 1 aliphatic heterocycles. The highest BCUT2D eigenvalue weighted by Crippen LogP contribution is 2.29. The van der Waals surface area contributed by atoms with Crippen LogP contribution in [-0.4, -0.2) is 38.7 Å². The summed E-state index contributed by atoms with van der Waals surface area (Å²) in [7, 11) is -3.26. The minimum Gasteiger partial charge on any atom is -0.371 e. The van der Waals surface area contributed by atoms with E-state index in [4.69, 9.17) is 0 Å². The van der Waals surface area contributed by atoms with Gasteiger partial charge in [-0.25, -0.2) is 13.1 Å². The van der Waals surface area contributed by atoms with Crippen LogP contribution in [0.5, 0.6) is 0 Å². The molecule has 30 heavy (non-hydrogen) atoms. The Hall–Kier alpha value is -1.60. The lowest BCUT2D eigenvalue weighted by Crippen LogP contribution is -2.42. The van der Waals surface area contributed by atoms with E-state index >= 15 is 0 Å². The van der Waals surface area contributed by atoms with E-state index in [-0.39, 0.29) is 17.9 Å². The van der Waals surface area contributed by atoms with E-state index in [0.29, 0.717) is 37.5 Å². The molecule has 2 fully saturated rings. The highest BCUT2D eigenvalue weighted by Gasteiger charge is 2.29. The van der Waals surface area contributed by atoms with Gasteiger partial charge in [0.2, 0.25) is 15.9 Å². The van der Waals surface area contributed by atoms with Crippen LogP contribution in [0.2, 0.25) is 0 Å². The lowest BCUT2D eigenvalue weighted by molar-refractivity contribution is -0.120. The van der Waals surface area contributed by atoms with Gasteiger partial charge in [0.25, 0.3) is 0 Å². The second-order valence-corrected chi connectivity index (χ2v) is 11.9. The molecular weight excluding hydrogens is 398 g/mol. The first-order chi connectivity index (χ1) is 14.1. The Kier molecular flexibility index (Phi) is 7.45. The maximum atomic E-state index is 12.7. The molecule has 1 amide bonds. The molecule has 1 aliphatic carbocycles. The van der Waals surface area contributed by atoms with E-state index in [0.717, 1.165) is 18.8 Å². The number of nitrogens with zero attached hydrogens (tertiary/aromatic N) is 1. The van der Waals surface area contributed by atoms with Gasteiger partial charge in [0.1, 0.15) is 0 Å². The van der Waals surface area contributed by atoms with Gasteiger partial charge in [-0.15, -0.1) is 0 Å². The summed E-state index contributed by atoms with van der Waals surface area (Å²) in [6, 6.07) is 8.10. The van der Waals surface area contributed by atoms with Crippen molar-refractivity contribution in [2.24, 2.45) is 17.8 Å². The van der Waals surface area contributed by atoms with E-state index in [1.807, 2.05) is 12.1 Å². The molecular formula is C23H37N3O3S. The Morgan fingerprint density at radius 1 is 1.00 bits per heavy atom. The maximum Gasteiger partial charge on any atom is 0.227 e. The Labute approximate surface area is 181 Å². The lowest BCUT2D eigenvalue weighted by Gasteiger charge is -2.36. The van der Waals surface area contributed by atoms with Gasteiger partial charge in [-0.1, -0.05) is 13.8 Å². The van der Waals surface area contributed by atoms with Crippen molar-refractivity contribution in [3.05, 3.63) is 24.3 Å². The molecule has 0 radical (unpaired) electrons. The topological polar surface area (TPSA) is 78.5 Å². The first-order valence-electron chi connectivity index (χ1n) is 11.3. The smallest absolute Gasteiger partial charge is 0.227 e. The minimum absolute atomic E-state index is 0.0353. The zero-order valence-corrected chi connectivity index (χ0v) is 19.5. The maximum absolute atomic E-state index is 12.7. The van der Waals surface area contributed by atoms with Crippen LogP contribution >= 0.6 is 0 Å². The molecule has 1 saturated heterocycles. The molecule has 6 nitrogen and oxygen atoms in total. The molecule has 2 N–H and O–H groups in total. The van der Waals surface area contributed by atoms with E-state index in [1.165, 1.54) is 12.1 Å². The molecule has 0 spiro atoms. The van der Waals surface area contributed by atoms with Gasteiger partial charge in [0, 0.05) is 36.4 Å². The van der Waals surface area contributed by atoms with Crippen LogP contribution in [0.3, 0.4) is 0 Å². The standard InChI is InChI=1S/C23H37N3O3S/c1-16(2)30(28,29)25-21-7-5-19(6-8-21)23(27)24-20-9-11-22(12-10-20)26-14-17(3)13-18(4)15-26/h9-12,16-19,21,25H,5-8,13-15H2,1-4H3,(H,24,27)/t17-,18-,19?,21?/m1/s1. The first kappa shape index (κ1) is 23.1. The molecule has 3 rings (SSSR count). The predicted molar refractivity (Wildman–Crippen MR) is 123 cm³/mol. The summed E-state index contributed by atoms with van der Waals surface area (Å²) in [6.07, 6.45) is 4.10. The second-order valence-electron chi connectivity index (χ2n) is 9.65. The van der Waals surface area contributed by atoms with Crippen molar-refractivity contribution in [1.82, 2.24) is 4.72 Å². The summed E-state index contributed by atoms with van der Waals surface area (Å²) >= 11 is 0. The van der Waals surface area contributed by atoms with Crippen molar-refractivity contribution in [2.45, 2.75) is 71.1 Å². The fourth-order valence-corrected chi connectivity index (χ4v) is 5.69. The van der Waals surface area contributed by atoms with Gasteiger partial charge in [-0.3, -0.25) is 4.79 Å². The number of nitrogens with one attached hydrogen (secondary N) is 2. The zero-order chi connectivity index (χ0) is 21.9. The van der Waals surface area contributed by atoms with E-state index < -0.39 is 15.3 Å². The quantitative estimate of drug-likeness (QED) is 0.708. The van der Waals surface area contributed by atoms with Crippen molar-refractivity contribution in [3.63, 3.8) is 0 Å². The van der Waals surface area contributed by atoms with Crippen molar-refractivity contribution in [2.75, 3.05) is 23.3 Å². The monoisotopic (exact) mass is 435 g/mol. The van der Waals surface area contributed by atoms with Gasteiger partial charge >= 0.3 is 0 Å². The molecule has 0 bridgehead atoms. The number of rotatable bonds is 6. The normalized spacial score (nSPS) is 27.8. The Bertz CT molecular complexity index is 805. The predicted octanol–water partition coefficient (Wildman–Crippen LogP) is 3.99. The molecule has 1 saturated carbocycles. The summed E-state index contributed by atoms with van der Waals surface area (Å²) in [5.74, 6) is 1.38. The van der Waals surface area contributed by atoms with Crippen LogP contribution in [0.25, 0.3) is 0 Å². The fourth-order valence-electron chi connectivity index (χ4n) is 4.72. The molecule has 0 unspecified atom stereocenters. The van der Waals surface area contributed by atoms with Gasteiger partial charge in [-0.2, -0.15) is 0 Å². The van der Waals surface area contributed by atoms with E-state index in [9.17, 15) is 13.2 Å². The van der Waals surface area contributed by atoms with Gasteiger partial charge in [0.15, 0.2) is 0 Å². The molecule has 2 aliphatic rings. The first-order valence-corrected chi connectivity index (χ1v) is 12.9. The minimum atomic E-state index is -3.26. The number of hydrogen-bond acceptors (Lipinski definition) is 4. The Morgan fingerprint density at radius 3 is 2.10 bits per heavy atom. The van der Waals surface area contributed by atoms with Crippen molar-refractivity contribution in [1.29, 1.82) is 0 Å². The fraction of sp³-hybridized carbons (Fsp3) is 0.696. The molecule has 2 atom stereocenters. The van der Waals surface area contributed by atoms with Crippen LogP contribution in [0.4, 0.5) is 11.4 Å². The lowest BCUT2D eigenvalue weighted by atomic mass is 9.86. The van der Waals surface area contributed by atoms with Crippen LogP contribution < -0.4 is 14.9 Å². The summed E-state index contributed by atoms with van der Waals surface area (Å²) in [5, 5.41) is 2.61. The number of sulfonamides is 1. The van der Waals surface area contributed by atoms with E-state index in [1.54, 1.807) is 13.8 Å². The molecule has 0 aromatic heterocycles. The molecule has 1 aromatic carbocycles. The molecule has 168 valence electrons. The number of amides is 1. The Balaban J connectivity index is 1.50. The third-order valence-electron chi connectivity index (χ3n) is 6.42. The summed E-state index contributed by atoms with van der Waals surface area (Å²) < 4.78 is 26.9. The van der Waals surface area contributed by atoms with Gasteiger partial charge in [-0.05, 0) is 82.1 Å². The number of piperidine rings is 1. The van der Waals surface area contributed by atoms with Crippen molar-refractivity contribution >= 4 is 27.3 Å². The largest absolute Gasteiger partial charge is 0.371 e. The van der Waals surface area contributed by atoms with Gasteiger partial charge in [0.05, 0.1) is 5.25 Å². The van der Waals surface area contributed by atoms with Crippen LogP contribution in [0.15, 0.2) is 24.3 Å². The third kappa shape index (κ3) is 5.97. The van der Waals surface area contributed by atoms with Gasteiger partial charge < -0.3 is 10.2 Å². The third-order valence-corrected chi connectivity index (χ3v) is 8.32. The number of carbonyl (C=O) groups excluding carboxylic acids is 1. The number of benzene rings is 1. The SMILES string of the molecule is CC(C)S(=O)(=O)NC1CCC(C(=O)Nc2ccc(N3C[C@H](C)C[C@@H](C)C3)cc2)CC1. The van der Waals surface area contributed by atoms with Crippen molar-refractivity contribution in [3.8, 4) is 0 Å². The van der Waals surface area contributed by atoms with E-state index in [2.05, 4.69) is 40.9 Å². The van der Waals surface area contributed by atoms with Crippen molar-refractivity contribution < 1.29 is 13.2 Å². The Morgan fingerprint density at radius 2 is 1.57 bits per heavy atom. The van der Waals surface area contributed by atoms with Crippen LogP contribution in [0, 0.1) is 17.8 Å². The highest BCUT2D eigenvalue weighted by molar-refractivity contribution is 7.90. The summed E-state index contributed by atoms with van der Waals surface area (Å²) in [4.78, 5) is 15.1. The summed E-state index contributed by atoms with van der Waals surface area (Å²) in [6.45, 7) is 10.1. The van der Waals surface area contributed by atoms with Crippen LogP contribution in [-0.2, 0) is 14.8 Å².